The third-order valence-corrected chi connectivity index (χ3v) is 4.58. The van der Waals surface area contributed by atoms with Crippen LogP contribution >= 0.6 is 0 Å². The van der Waals surface area contributed by atoms with Crippen molar-refractivity contribution in [3.05, 3.63) is 47.3 Å². The number of nitrogens with one attached hydrogen (secondary N) is 1. The zero-order valence-corrected chi connectivity index (χ0v) is 14.4. The molecule has 25 heavy (non-hydrogen) atoms. The SMILES string of the molecule is CN(Cc1ccc(O)cc1)C(=O)NC1CCCc2c1cnn2CCO. The van der Waals surface area contributed by atoms with E-state index in [2.05, 4.69) is 10.4 Å². The highest BCUT2D eigenvalue weighted by atomic mass is 16.3. The van der Waals surface area contributed by atoms with Crippen LogP contribution in [0.25, 0.3) is 0 Å². The molecule has 1 aromatic carbocycles. The number of rotatable bonds is 5. The molecule has 3 rings (SSSR count). The van der Waals surface area contributed by atoms with E-state index in [1.807, 2.05) is 4.68 Å². The number of hydrogen-bond donors (Lipinski definition) is 3. The maximum absolute atomic E-state index is 12.5. The van der Waals surface area contributed by atoms with E-state index in [0.29, 0.717) is 13.1 Å². The van der Waals surface area contributed by atoms with Crippen molar-refractivity contribution >= 4 is 6.03 Å². The normalized spacial score (nSPS) is 16.3. The van der Waals surface area contributed by atoms with Crippen molar-refractivity contribution < 1.29 is 15.0 Å². The van der Waals surface area contributed by atoms with Gasteiger partial charge in [0, 0.05) is 24.8 Å². The summed E-state index contributed by atoms with van der Waals surface area (Å²) in [7, 11) is 1.75. The number of amides is 2. The molecule has 134 valence electrons. The van der Waals surface area contributed by atoms with Crippen molar-refractivity contribution in [1.29, 1.82) is 0 Å². The molecule has 3 N–H and O–H groups in total. The highest BCUT2D eigenvalue weighted by Crippen LogP contribution is 2.29. The molecule has 0 saturated carbocycles. The largest absolute Gasteiger partial charge is 0.508 e. The first-order valence-electron chi connectivity index (χ1n) is 8.53. The first-order chi connectivity index (χ1) is 12.1. The van der Waals surface area contributed by atoms with Gasteiger partial charge in [-0.05, 0) is 37.0 Å². The number of hydrogen-bond acceptors (Lipinski definition) is 4. The molecule has 0 fully saturated rings. The van der Waals surface area contributed by atoms with E-state index in [1.165, 1.54) is 0 Å². The smallest absolute Gasteiger partial charge is 0.317 e. The molecule has 1 aromatic heterocycles. The van der Waals surface area contributed by atoms with Crippen molar-refractivity contribution in [2.24, 2.45) is 0 Å². The predicted molar refractivity (Wildman–Crippen MR) is 93.1 cm³/mol. The van der Waals surface area contributed by atoms with Gasteiger partial charge in [-0.25, -0.2) is 4.79 Å². The third-order valence-electron chi connectivity index (χ3n) is 4.58. The number of aromatic hydroxyl groups is 1. The standard InChI is InChI=1S/C18H24N4O3/c1-21(12-13-5-7-14(24)8-6-13)18(25)20-16-3-2-4-17-15(16)11-19-22(17)9-10-23/h5-8,11,16,23-24H,2-4,9-10,12H2,1H3,(H,20,25). The molecular formula is C18H24N4O3. The van der Waals surface area contributed by atoms with E-state index in [1.54, 1.807) is 42.4 Å². The predicted octanol–water partition coefficient (Wildman–Crippen LogP) is 1.80. The van der Waals surface area contributed by atoms with Crippen LogP contribution in [-0.4, -0.2) is 44.6 Å². The fraction of sp³-hybridized carbons (Fsp3) is 0.444. The lowest BCUT2D eigenvalue weighted by Gasteiger charge is -2.27. The number of phenolic OH excluding ortho intramolecular Hbond substituents is 1. The Balaban J connectivity index is 1.64. The summed E-state index contributed by atoms with van der Waals surface area (Å²) >= 11 is 0. The van der Waals surface area contributed by atoms with Gasteiger partial charge in [0.1, 0.15) is 5.75 Å². The van der Waals surface area contributed by atoms with Gasteiger partial charge in [0.2, 0.25) is 0 Å². The van der Waals surface area contributed by atoms with E-state index in [4.69, 9.17) is 5.11 Å². The second-order valence-corrected chi connectivity index (χ2v) is 6.41. The molecule has 2 aromatic rings. The average molecular weight is 344 g/mol. The summed E-state index contributed by atoms with van der Waals surface area (Å²) in [4.78, 5) is 14.1. The molecule has 0 radical (unpaired) electrons. The van der Waals surface area contributed by atoms with E-state index < -0.39 is 0 Å². The Morgan fingerprint density at radius 3 is 2.88 bits per heavy atom. The number of nitrogens with zero attached hydrogens (tertiary/aromatic N) is 3. The zero-order valence-electron chi connectivity index (χ0n) is 14.4. The van der Waals surface area contributed by atoms with Gasteiger partial charge in [-0.1, -0.05) is 12.1 Å². The van der Waals surface area contributed by atoms with Gasteiger partial charge in [-0.15, -0.1) is 0 Å². The van der Waals surface area contributed by atoms with Gasteiger partial charge >= 0.3 is 6.03 Å². The number of aromatic nitrogens is 2. The Bertz CT molecular complexity index is 726. The summed E-state index contributed by atoms with van der Waals surface area (Å²) in [6.45, 7) is 1.01. The molecule has 0 bridgehead atoms. The first kappa shape index (κ1) is 17.3. The Labute approximate surface area is 146 Å². The summed E-state index contributed by atoms with van der Waals surface area (Å²) in [5.74, 6) is 0.213. The van der Waals surface area contributed by atoms with E-state index >= 15 is 0 Å². The maximum atomic E-state index is 12.5. The fourth-order valence-electron chi connectivity index (χ4n) is 3.26. The van der Waals surface area contributed by atoms with Crippen LogP contribution in [0.15, 0.2) is 30.5 Å². The molecule has 7 heteroatoms. The van der Waals surface area contributed by atoms with Crippen LogP contribution in [0.4, 0.5) is 4.79 Å². The number of benzene rings is 1. The summed E-state index contributed by atoms with van der Waals surface area (Å²) in [6.07, 6.45) is 4.59. The van der Waals surface area contributed by atoms with Crippen LogP contribution in [0.1, 0.15) is 35.7 Å². The Kier molecular flexibility index (Phi) is 5.23. The van der Waals surface area contributed by atoms with Crippen LogP contribution in [0.2, 0.25) is 0 Å². The Morgan fingerprint density at radius 2 is 2.16 bits per heavy atom. The zero-order chi connectivity index (χ0) is 17.8. The van der Waals surface area contributed by atoms with Crippen molar-refractivity contribution in [3.63, 3.8) is 0 Å². The molecule has 1 aliphatic rings. The molecule has 1 unspecified atom stereocenters. The summed E-state index contributed by atoms with van der Waals surface area (Å²) < 4.78 is 1.83. The molecule has 2 amide bonds. The average Bonchev–Trinajstić information content (AvgIpc) is 3.01. The van der Waals surface area contributed by atoms with Crippen molar-refractivity contribution in [2.45, 2.75) is 38.4 Å². The fourth-order valence-corrected chi connectivity index (χ4v) is 3.26. The minimum Gasteiger partial charge on any atom is -0.508 e. The minimum absolute atomic E-state index is 0.0500. The number of aliphatic hydroxyl groups is 1. The van der Waals surface area contributed by atoms with Gasteiger partial charge in [0.05, 0.1) is 25.4 Å². The molecular weight excluding hydrogens is 320 g/mol. The number of phenols is 1. The molecule has 1 heterocycles. The Hall–Kier alpha value is -2.54. The molecule has 0 aliphatic heterocycles. The van der Waals surface area contributed by atoms with Gasteiger partial charge < -0.3 is 20.4 Å². The number of urea groups is 1. The van der Waals surface area contributed by atoms with Crippen LogP contribution in [0.3, 0.4) is 0 Å². The lowest BCUT2D eigenvalue weighted by Crippen LogP contribution is -2.40. The molecule has 0 saturated heterocycles. The second kappa shape index (κ2) is 7.57. The van der Waals surface area contributed by atoms with Crippen molar-refractivity contribution in [2.75, 3.05) is 13.7 Å². The third kappa shape index (κ3) is 3.93. The summed E-state index contributed by atoms with van der Waals surface area (Å²) in [6, 6.07) is 6.65. The molecule has 7 nitrogen and oxygen atoms in total. The van der Waals surface area contributed by atoms with E-state index in [9.17, 15) is 9.90 Å². The quantitative estimate of drug-likeness (QED) is 0.771. The highest BCUT2D eigenvalue weighted by Gasteiger charge is 2.26. The lowest BCUT2D eigenvalue weighted by molar-refractivity contribution is 0.201. The summed E-state index contributed by atoms with van der Waals surface area (Å²) in [5.41, 5.74) is 3.11. The monoisotopic (exact) mass is 344 g/mol. The van der Waals surface area contributed by atoms with Crippen LogP contribution in [0.5, 0.6) is 5.75 Å². The number of aliphatic hydroxyl groups excluding tert-OH is 1. The molecule has 1 atom stereocenters. The van der Waals surface area contributed by atoms with Crippen LogP contribution in [0, 0.1) is 0 Å². The minimum atomic E-state index is -0.138. The van der Waals surface area contributed by atoms with E-state index in [-0.39, 0.29) is 24.4 Å². The lowest BCUT2D eigenvalue weighted by atomic mass is 9.93. The van der Waals surface area contributed by atoms with Crippen LogP contribution < -0.4 is 5.32 Å². The number of carbonyl (C=O) groups is 1. The molecule has 0 spiro atoms. The molecule has 1 aliphatic carbocycles. The Morgan fingerprint density at radius 1 is 1.40 bits per heavy atom. The maximum Gasteiger partial charge on any atom is 0.317 e. The number of carbonyl (C=O) groups excluding carboxylic acids is 1. The summed E-state index contributed by atoms with van der Waals surface area (Å²) in [5, 5.41) is 25.9. The first-order valence-corrected chi connectivity index (χ1v) is 8.53. The van der Waals surface area contributed by atoms with Gasteiger partial charge in [-0.3, -0.25) is 4.68 Å². The number of fused-ring (bicyclic) bond motifs is 1. The second-order valence-electron chi connectivity index (χ2n) is 6.41. The van der Waals surface area contributed by atoms with Crippen molar-refractivity contribution in [1.82, 2.24) is 20.0 Å². The van der Waals surface area contributed by atoms with Gasteiger partial charge in [0.15, 0.2) is 0 Å². The highest BCUT2D eigenvalue weighted by molar-refractivity contribution is 5.74. The van der Waals surface area contributed by atoms with E-state index in [0.717, 1.165) is 36.1 Å². The van der Waals surface area contributed by atoms with Crippen LogP contribution in [-0.2, 0) is 19.5 Å². The topological polar surface area (TPSA) is 90.6 Å². The van der Waals surface area contributed by atoms with Gasteiger partial charge in [-0.2, -0.15) is 5.10 Å². The van der Waals surface area contributed by atoms with Crippen molar-refractivity contribution in [3.8, 4) is 5.75 Å². The van der Waals surface area contributed by atoms with Gasteiger partial charge in [0.25, 0.3) is 0 Å².